The number of esters is 1. The highest BCUT2D eigenvalue weighted by molar-refractivity contribution is 5.96. The highest BCUT2D eigenvalue weighted by Gasteiger charge is 2.34. The van der Waals surface area contributed by atoms with E-state index in [0.29, 0.717) is 6.54 Å². The summed E-state index contributed by atoms with van der Waals surface area (Å²) in [6.07, 6.45) is -0.135. The van der Waals surface area contributed by atoms with Crippen LogP contribution >= 0.6 is 0 Å². The number of amides is 2. The molecule has 2 rings (SSSR count). The SMILES string of the molecule is CCOC(=O)C[C@@H]1NC(=O)CN(Cc2ccccc2)C1=O. The van der Waals surface area contributed by atoms with Gasteiger partial charge in [0.05, 0.1) is 19.6 Å². The summed E-state index contributed by atoms with van der Waals surface area (Å²) in [6.45, 7) is 2.31. The standard InChI is InChI=1S/C15H18N2O4/c1-2-21-14(19)8-12-15(20)17(10-13(18)16-12)9-11-6-4-3-5-7-11/h3-7,12H,2,8-10H2,1H3,(H,16,18)/t12-/m0/s1. The molecule has 0 saturated carbocycles. The van der Waals surface area contributed by atoms with Gasteiger partial charge in [-0.15, -0.1) is 0 Å². The van der Waals surface area contributed by atoms with Crippen LogP contribution in [0.3, 0.4) is 0 Å². The molecule has 0 radical (unpaired) electrons. The average molecular weight is 290 g/mol. The lowest BCUT2D eigenvalue weighted by atomic mass is 10.1. The second-order valence-corrected chi connectivity index (χ2v) is 4.81. The molecule has 1 N–H and O–H groups in total. The van der Waals surface area contributed by atoms with Crippen molar-refractivity contribution in [2.24, 2.45) is 0 Å². The molecule has 1 aliphatic heterocycles. The van der Waals surface area contributed by atoms with Gasteiger partial charge in [-0.05, 0) is 12.5 Å². The molecule has 6 nitrogen and oxygen atoms in total. The van der Waals surface area contributed by atoms with Crippen LogP contribution in [0.5, 0.6) is 0 Å². The number of hydrogen-bond donors (Lipinski definition) is 1. The molecule has 1 heterocycles. The monoisotopic (exact) mass is 290 g/mol. The summed E-state index contributed by atoms with van der Waals surface area (Å²) in [7, 11) is 0. The van der Waals surface area contributed by atoms with Crippen LogP contribution in [0.25, 0.3) is 0 Å². The first-order valence-corrected chi connectivity index (χ1v) is 6.88. The third-order valence-electron chi connectivity index (χ3n) is 3.17. The molecular weight excluding hydrogens is 272 g/mol. The Morgan fingerprint density at radius 1 is 1.33 bits per heavy atom. The van der Waals surface area contributed by atoms with E-state index in [1.54, 1.807) is 6.92 Å². The van der Waals surface area contributed by atoms with E-state index < -0.39 is 12.0 Å². The Morgan fingerprint density at radius 2 is 2.05 bits per heavy atom. The van der Waals surface area contributed by atoms with Crippen LogP contribution in [-0.4, -0.2) is 41.9 Å². The van der Waals surface area contributed by atoms with Crippen molar-refractivity contribution in [1.29, 1.82) is 0 Å². The molecule has 1 fully saturated rings. The van der Waals surface area contributed by atoms with Gasteiger partial charge in [0.25, 0.3) is 0 Å². The summed E-state index contributed by atoms with van der Waals surface area (Å²) in [5.74, 6) is -1.01. The molecule has 1 atom stereocenters. The summed E-state index contributed by atoms with van der Waals surface area (Å²) >= 11 is 0. The lowest BCUT2D eigenvalue weighted by Gasteiger charge is -2.32. The zero-order valence-electron chi connectivity index (χ0n) is 11.9. The minimum atomic E-state index is -0.839. The van der Waals surface area contributed by atoms with Gasteiger partial charge in [0.15, 0.2) is 0 Å². The van der Waals surface area contributed by atoms with Crippen molar-refractivity contribution >= 4 is 17.8 Å². The van der Waals surface area contributed by atoms with Gasteiger partial charge in [-0.3, -0.25) is 14.4 Å². The maximum Gasteiger partial charge on any atom is 0.308 e. The molecule has 6 heteroatoms. The molecule has 2 amide bonds. The molecule has 0 aliphatic carbocycles. The van der Waals surface area contributed by atoms with Crippen molar-refractivity contribution in [1.82, 2.24) is 10.2 Å². The van der Waals surface area contributed by atoms with E-state index >= 15 is 0 Å². The number of benzene rings is 1. The molecular formula is C15H18N2O4. The molecule has 112 valence electrons. The Hall–Kier alpha value is -2.37. The molecule has 1 aromatic carbocycles. The van der Waals surface area contributed by atoms with E-state index in [-0.39, 0.29) is 31.4 Å². The van der Waals surface area contributed by atoms with Crippen LogP contribution in [0.1, 0.15) is 18.9 Å². The number of rotatable bonds is 5. The third-order valence-corrected chi connectivity index (χ3v) is 3.17. The minimum absolute atomic E-state index is 0.00700. The van der Waals surface area contributed by atoms with Gasteiger partial charge in [-0.1, -0.05) is 30.3 Å². The van der Waals surface area contributed by atoms with Crippen molar-refractivity contribution in [3.63, 3.8) is 0 Å². The molecule has 21 heavy (non-hydrogen) atoms. The smallest absolute Gasteiger partial charge is 0.308 e. The first-order chi connectivity index (χ1) is 10.1. The fourth-order valence-electron chi connectivity index (χ4n) is 2.24. The lowest BCUT2D eigenvalue weighted by Crippen LogP contribution is -2.58. The minimum Gasteiger partial charge on any atom is -0.466 e. The second-order valence-electron chi connectivity index (χ2n) is 4.81. The van der Waals surface area contributed by atoms with Crippen molar-refractivity contribution in [2.45, 2.75) is 25.9 Å². The summed E-state index contributed by atoms with van der Waals surface area (Å²) in [4.78, 5) is 37.0. The molecule has 0 bridgehead atoms. The zero-order valence-corrected chi connectivity index (χ0v) is 11.9. The van der Waals surface area contributed by atoms with E-state index in [1.807, 2.05) is 30.3 Å². The summed E-state index contributed by atoms with van der Waals surface area (Å²) in [5.41, 5.74) is 0.940. The Kier molecular flexibility index (Phi) is 4.92. The van der Waals surface area contributed by atoms with Crippen molar-refractivity contribution < 1.29 is 19.1 Å². The van der Waals surface area contributed by atoms with E-state index in [1.165, 1.54) is 4.90 Å². The number of piperazine rings is 1. The van der Waals surface area contributed by atoms with Crippen LogP contribution in [-0.2, 0) is 25.7 Å². The lowest BCUT2D eigenvalue weighted by molar-refractivity contribution is -0.151. The Bertz CT molecular complexity index is 530. The van der Waals surface area contributed by atoms with E-state index in [2.05, 4.69) is 5.32 Å². The number of carbonyl (C=O) groups is 3. The van der Waals surface area contributed by atoms with Gasteiger partial charge < -0.3 is 15.0 Å². The fourth-order valence-corrected chi connectivity index (χ4v) is 2.24. The van der Waals surface area contributed by atoms with Crippen LogP contribution in [0, 0.1) is 0 Å². The van der Waals surface area contributed by atoms with Crippen LogP contribution in [0.15, 0.2) is 30.3 Å². The predicted molar refractivity (Wildman–Crippen MR) is 75.0 cm³/mol. The van der Waals surface area contributed by atoms with Gasteiger partial charge >= 0.3 is 5.97 Å². The first kappa shape index (κ1) is 15.0. The zero-order chi connectivity index (χ0) is 15.2. The van der Waals surface area contributed by atoms with Crippen molar-refractivity contribution in [3.8, 4) is 0 Å². The Labute approximate surface area is 123 Å². The quantitative estimate of drug-likeness (QED) is 0.800. The topological polar surface area (TPSA) is 75.7 Å². The molecule has 1 aromatic rings. The van der Waals surface area contributed by atoms with Gasteiger partial charge in [-0.25, -0.2) is 0 Å². The predicted octanol–water partition coefficient (Wildman–Crippen LogP) is 0.467. The van der Waals surface area contributed by atoms with Gasteiger partial charge in [-0.2, -0.15) is 0 Å². The van der Waals surface area contributed by atoms with Crippen LogP contribution in [0.4, 0.5) is 0 Å². The van der Waals surface area contributed by atoms with Crippen molar-refractivity contribution in [3.05, 3.63) is 35.9 Å². The number of hydrogen-bond acceptors (Lipinski definition) is 4. The maximum atomic E-state index is 12.3. The normalized spacial score (nSPS) is 18.3. The van der Waals surface area contributed by atoms with E-state index in [9.17, 15) is 14.4 Å². The van der Waals surface area contributed by atoms with Crippen molar-refractivity contribution in [2.75, 3.05) is 13.2 Å². The molecule has 1 aliphatic rings. The Balaban J connectivity index is 2.03. The largest absolute Gasteiger partial charge is 0.466 e. The average Bonchev–Trinajstić information content (AvgIpc) is 2.45. The van der Waals surface area contributed by atoms with E-state index in [4.69, 9.17) is 4.74 Å². The second kappa shape index (κ2) is 6.88. The molecule has 0 spiro atoms. The molecule has 1 saturated heterocycles. The number of nitrogens with one attached hydrogen (secondary N) is 1. The summed E-state index contributed by atoms with van der Waals surface area (Å²) in [5, 5.41) is 2.54. The number of ether oxygens (including phenoxy) is 1. The van der Waals surface area contributed by atoms with Gasteiger partial charge in [0.2, 0.25) is 11.8 Å². The number of nitrogens with zero attached hydrogens (tertiary/aromatic N) is 1. The molecule has 0 aromatic heterocycles. The first-order valence-electron chi connectivity index (χ1n) is 6.88. The van der Waals surface area contributed by atoms with Gasteiger partial charge in [0, 0.05) is 6.54 Å². The van der Waals surface area contributed by atoms with Crippen LogP contribution in [0.2, 0.25) is 0 Å². The highest BCUT2D eigenvalue weighted by atomic mass is 16.5. The maximum absolute atomic E-state index is 12.3. The number of carbonyl (C=O) groups excluding carboxylic acids is 3. The Morgan fingerprint density at radius 3 is 2.71 bits per heavy atom. The highest BCUT2D eigenvalue weighted by Crippen LogP contribution is 2.11. The summed E-state index contributed by atoms with van der Waals surface area (Å²) < 4.78 is 4.82. The van der Waals surface area contributed by atoms with Crippen LogP contribution < -0.4 is 5.32 Å². The third kappa shape index (κ3) is 4.05. The fraction of sp³-hybridized carbons (Fsp3) is 0.400. The van der Waals surface area contributed by atoms with Gasteiger partial charge in [0.1, 0.15) is 6.04 Å². The summed E-state index contributed by atoms with van der Waals surface area (Å²) in [6, 6.07) is 8.58. The van der Waals surface area contributed by atoms with E-state index in [0.717, 1.165) is 5.56 Å². The molecule has 0 unspecified atom stereocenters.